The molecule has 122 valence electrons. The molecule has 23 heavy (non-hydrogen) atoms. The molecule has 0 unspecified atom stereocenters. The Hall–Kier alpha value is -0.549. The minimum atomic E-state index is -5.32. The van der Waals surface area contributed by atoms with Gasteiger partial charge in [-0.25, -0.2) is 4.79 Å². The van der Waals surface area contributed by atoms with E-state index in [1.165, 1.54) is 6.07 Å². The molecule has 1 rings (SSSR count). The first-order chi connectivity index (χ1) is 9.87. The molecule has 0 saturated heterocycles. The number of nitrogens with one attached hydrogen (secondary N) is 1. The predicted molar refractivity (Wildman–Crippen MR) is 76.4 cm³/mol. The summed E-state index contributed by atoms with van der Waals surface area (Å²) in [6.07, 6.45) is -1.50. The van der Waals surface area contributed by atoms with Crippen LogP contribution in [0.3, 0.4) is 0 Å². The molecular formula is C13H16BF3KNO4. The molecule has 0 fully saturated rings. The molecule has 5 nitrogen and oxygen atoms in total. The molecule has 1 aromatic rings. The van der Waals surface area contributed by atoms with Crippen LogP contribution in [0.15, 0.2) is 18.2 Å². The van der Waals surface area contributed by atoms with Crippen molar-refractivity contribution in [3.8, 4) is 0 Å². The fourth-order valence-electron chi connectivity index (χ4n) is 1.68. The van der Waals surface area contributed by atoms with Crippen LogP contribution < -0.4 is 62.2 Å². The molecule has 0 aliphatic heterocycles. The maximum Gasteiger partial charge on any atom is 1.00 e. The van der Waals surface area contributed by atoms with Gasteiger partial charge in [0.05, 0.1) is 6.42 Å². The number of halogens is 3. The van der Waals surface area contributed by atoms with Gasteiger partial charge in [-0.1, -0.05) is 12.1 Å². The maximum absolute atomic E-state index is 12.9. The summed E-state index contributed by atoms with van der Waals surface area (Å²) in [6, 6.07) is 2.67. The van der Waals surface area contributed by atoms with Gasteiger partial charge in [0.25, 0.3) is 0 Å². The summed E-state index contributed by atoms with van der Waals surface area (Å²) in [5, 5.41) is 10.9. The molecule has 0 spiro atoms. The Labute approximate surface area is 174 Å². The first-order valence-corrected chi connectivity index (χ1v) is 6.42. The molecule has 0 saturated carbocycles. The van der Waals surface area contributed by atoms with Crippen LogP contribution >= 0.6 is 0 Å². The second-order valence-corrected chi connectivity index (χ2v) is 5.74. The van der Waals surface area contributed by atoms with Crippen LogP contribution in [0.5, 0.6) is 0 Å². The number of carbonyl (C=O) groups is 2. The number of ether oxygens (including phenoxy) is 1. The van der Waals surface area contributed by atoms with Gasteiger partial charge in [0.15, 0.2) is 0 Å². The molecule has 0 bridgehead atoms. The Morgan fingerprint density at radius 1 is 1.22 bits per heavy atom. The smallest absolute Gasteiger partial charge is 0.481 e. The third kappa shape index (κ3) is 8.75. The molecule has 0 aliphatic rings. The first kappa shape index (κ1) is 22.5. The van der Waals surface area contributed by atoms with E-state index in [4.69, 9.17) is 9.84 Å². The molecule has 0 aliphatic carbocycles. The summed E-state index contributed by atoms with van der Waals surface area (Å²) in [6.45, 7) is -0.492. The summed E-state index contributed by atoms with van der Waals surface area (Å²) in [5.74, 6) is -1.27. The quantitative estimate of drug-likeness (QED) is 0.727. The number of carboxylic acids is 1. The van der Waals surface area contributed by atoms with Crippen molar-refractivity contribution in [2.75, 3.05) is 5.32 Å². The van der Waals surface area contributed by atoms with E-state index in [0.717, 1.165) is 12.1 Å². The number of hydrogen-bond donors (Lipinski definition) is 2. The van der Waals surface area contributed by atoms with Gasteiger partial charge < -0.3 is 22.8 Å². The molecular weight excluding hydrogens is 341 g/mol. The third-order valence-electron chi connectivity index (χ3n) is 2.39. The van der Waals surface area contributed by atoms with Crippen LogP contribution in [0.1, 0.15) is 26.3 Å². The van der Waals surface area contributed by atoms with E-state index in [1.54, 1.807) is 20.8 Å². The zero-order chi connectivity index (χ0) is 17.1. The summed E-state index contributed by atoms with van der Waals surface area (Å²) in [7, 11) is 0. The van der Waals surface area contributed by atoms with Gasteiger partial charge in [-0.3, -0.25) is 10.1 Å². The van der Waals surface area contributed by atoms with Gasteiger partial charge in [-0.2, -0.15) is 0 Å². The standard InChI is InChI=1S/C13H16BF3NO4.K/c1-13(2,3)22-12(21)18-10-5-8(6-11(19)20)4-9(7-10)14(15,16)17;/h4-5,7H,6H2,1-3H3,(H,18,21)(H,19,20);/q-1;+1. The van der Waals surface area contributed by atoms with Crippen LogP contribution in [0, 0.1) is 0 Å². The average molecular weight is 357 g/mol. The Balaban J connectivity index is 0.00000484. The van der Waals surface area contributed by atoms with Crippen LogP contribution in [0.25, 0.3) is 0 Å². The maximum atomic E-state index is 12.9. The summed E-state index contributed by atoms with van der Waals surface area (Å²) in [4.78, 5) is 22.3. The second-order valence-electron chi connectivity index (χ2n) is 5.74. The average Bonchev–Trinajstić information content (AvgIpc) is 2.22. The molecule has 2 N–H and O–H groups in total. The minimum Gasteiger partial charge on any atom is -0.481 e. The van der Waals surface area contributed by atoms with E-state index >= 15 is 0 Å². The van der Waals surface area contributed by atoms with Crippen molar-refractivity contribution in [3.63, 3.8) is 0 Å². The van der Waals surface area contributed by atoms with Gasteiger partial charge in [-0.05, 0) is 32.4 Å². The van der Waals surface area contributed by atoms with Crippen LogP contribution in [0.4, 0.5) is 23.4 Å². The Kier molecular flexibility index (Phi) is 8.32. The number of aliphatic carboxylic acids is 1. The summed E-state index contributed by atoms with van der Waals surface area (Å²) < 4.78 is 43.5. The molecule has 0 heterocycles. The topological polar surface area (TPSA) is 75.6 Å². The second kappa shape index (κ2) is 8.52. The number of carbonyl (C=O) groups excluding carboxylic acids is 1. The van der Waals surface area contributed by atoms with Crippen molar-refractivity contribution in [1.82, 2.24) is 0 Å². The van der Waals surface area contributed by atoms with E-state index in [-0.39, 0.29) is 62.6 Å². The monoisotopic (exact) mass is 357 g/mol. The Morgan fingerprint density at radius 2 is 1.78 bits per heavy atom. The molecule has 1 aromatic carbocycles. The van der Waals surface area contributed by atoms with Crippen molar-refractivity contribution < 1.29 is 83.8 Å². The zero-order valence-corrected chi connectivity index (χ0v) is 16.4. The first-order valence-electron chi connectivity index (χ1n) is 6.42. The van der Waals surface area contributed by atoms with Crippen molar-refractivity contribution in [1.29, 1.82) is 0 Å². The zero-order valence-electron chi connectivity index (χ0n) is 13.3. The SMILES string of the molecule is CC(C)(C)OC(=O)Nc1cc(CC(=O)O)cc([B-](F)(F)F)c1.[K+]. The van der Waals surface area contributed by atoms with Crippen molar-refractivity contribution in [2.24, 2.45) is 0 Å². The van der Waals surface area contributed by atoms with E-state index in [2.05, 4.69) is 5.32 Å². The molecule has 0 atom stereocenters. The van der Waals surface area contributed by atoms with Gasteiger partial charge in [0.2, 0.25) is 0 Å². The van der Waals surface area contributed by atoms with Crippen LogP contribution in [-0.4, -0.2) is 29.7 Å². The number of anilines is 1. The Morgan fingerprint density at radius 3 is 2.22 bits per heavy atom. The van der Waals surface area contributed by atoms with Crippen LogP contribution in [0.2, 0.25) is 0 Å². The van der Waals surface area contributed by atoms with Crippen molar-refractivity contribution in [3.05, 3.63) is 23.8 Å². The molecule has 0 aromatic heterocycles. The number of benzene rings is 1. The van der Waals surface area contributed by atoms with E-state index < -0.39 is 36.5 Å². The third-order valence-corrected chi connectivity index (χ3v) is 2.39. The van der Waals surface area contributed by atoms with Gasteiger partial charge in [0.1, 0.15) is 5.60 Å². The predicted octanol–water partition coefficient (Wildman–Crippen LogP) is -0.281. The van der Waals surface area contributed by atoms with Gasteiger partial charge in [0, 0.05) is 5.69 Å². The summed E-state index contributed by atoms with van der Waals surface area (Å²) in [5.41, 5.74) is -2.01. The van der Waals surface area contributed by atoms with Gasteiger partial charge >= 0.3 is 70.4 Å². The van der Waals surface area contributed by atoms with Crippen molar-refractivity contribution in [2.45, 2.75) is 32.8 Å². The van der Waals surface area contributed by atoms with Crippen LogP contribution in [-0.2, 0) is 16.0 Å². The number of amides is 1. The fraction of sp³-hybridized carbons (Fsp3) is 0.385. The fourth-order valence-corrected chi connectivity index (χ4v) is 1.68. The van der Waals surface area contributed by atoms with E-state index in [0.29, 0.717) is 0 Å². The summed E-state index contributed by atoms with van der Waals surface area (Å²) >= 11 is 0. The van der Waals surface area contributed by atoms with E-state index in [9.17, 15) is 22.5 Å². The van der Waals surface area contributed by atoms with Gasteiger partial charge in [-0.15, -0.1) is 5.46 Å². The van der Waals surface area contributed by atoms with Crippen molar-refractivity contribution >= 4 is 30.2 Å². The number of carboxylic acid groups (broad SMARTS) is 1. The largest absolute Gasteiger partial charge is 1.00 e. The molecule has 1 amide bonds. The molecule has 0 radical (unpaired) electrons. The normalized spacial score (nSPS) is 11.4. The number of rotatable bonds is 4. The minimum absolute atomic E-state index is 0. The molecule has 10 heteroatoms. The number of hydrogen-bond acceptors (Lipinski definition) is 3. The van der Waals surface area contributed by atoms with E-state index in [1.807, 2.05) is 0 Å². The Bertz CT molecular complexity index is 588.